The number of nitrogens with zero attached hydrogens (tertiary/aromatic N) is 4. The van der Waals surface area contributed by atoms with Crippen LogP contribution in [0.25, 0.3) is 0 Å². The summed E-state index contributed by atoms with van der Waals surface area (Å²) in [5.74, 6) is -0.353. The third-order valence-corrected chi connectivity index (χ3v) is 11.8. The van der Waals surface area contributed by atoms with Crippen molar-refractivity contribution >= 4 is 11.9 Å². The maximum Gasteiger partial charge on any atom is 0.243 e. The van der Waals surface area contributed by atoms with Gasteiger partial charge in [0.2, 0.25) is 12.7 Å². The van der Waals surface area contributed by atoms with Crippen LogP contribution in [-0.2, 0) is 35.8 Å². The molecule has 0 aliphatic rings. The summed E-state index contributed by atoms with van der Waals surface area (Å²) >= 11 is 0. The Morgan fingerprint density at radius 1 is 0.467 bits per heavy atom. The van der Waals surface area contributed by atoms with Gasteiger partial charge in [-0.1, -0.05) is 165 Å². The van der Waals surface area contributed by atoms with Gasteiger partial charge in [-0.2, -0.15) is 0 Å². The highest BCUT2D eigenvalue weighted by Crippen LogP contribution is 2.14. The fourth-order valence-electron chi connectivity index (χ4n) is 7.40. The molecule has 0 aliphatic carbocycles. The molecular formula is C52H100N4O4. The lowest BCUT2D eigenvalue weighted by Gasteiger charge is -2.14. The third kappa shape index (κ3) is 37.1. The average molecular weight is 845 g/mol. The van der Waals surface area contributed by atoms with Gasteiger partial charge in [0.25, 0.3) is 0 Å². The summed E-state index contributed by atoms with van der Waals surface area (Å²) in [5, 5.41) is 20.1. The van der Waals surface area contributed by atoms with Crippen molar-refractivity contribution in [2.75, 3.05) is 0 Å². The van der Waals surface area contributed by atoms with Crippen molar-refractivity contribution in [3.63, 3.8) is 0 Å². The number of imidazole rings is 2. The van der Waals surface area contributed by atoms with Gasteiger partial charge < -0.3 is 19.8 Å². The minimum atomic E-state index is -0.932. The summed E-state index contributed by atoms with van der Waals surface area (Å²) in [7, 11) is 0. The largest absolute Gasteiger partial charge is 0.550 e. The summed E-state index contributed by atoms with van der Waals surface area (Å²) in [6.45, 7) is 24.5. The van der Waals surface area contributed by atoms with Crippen LogP contribution in [0.5, 0.6) is 0 Å². The molecule has 2 heterocycles. The van der Waals surface area contributed by atoms with E-state index in [-0.39, 0.29) is 12.3 Å². The minimum Gasteiger partial charge on any atom is -0.550 e. The Labute approximate surface area is 372 Å². The molecule has 3 unspecified atom stereocenters. The molecule has 0 saturated heterocycles. The van der Waals surface area contributed by atoms with Crippen LogP contribution in [0.1, 0.15) is 242 Å². The number of carbonyl (C=O) groups excluding carboxylic acids is 2. The van der Waals surface area contributed by atoms with Gasteiger partial charge >= 0.3 is 0 Å². The highest BCUT2D eigenvalue weighted by atomic mass is 16.4. The molecule has 2 rings (SSSR count). The SMILES string of the molecule is CCCCC(CC)C(=O)[O-].CCCCCC(=O)[O-].CCCCCCCCn1cc[n+](CC(CC)CCCC)c1.CCCCCCCCn1cc[n+](CC(CC)CCCC)c1. The van der Waals surface area contributed by atoms with E-state index in [2.05, 4.69) is 104 Å². The van der Waals surface area contributed by atoms with E-state index in [1.165, 1.54) is 155 Å². The van der Waals surface area contributed by atoms with Crippen LogP contribution < -0.4 is 19.3 Å². The number of aryl methyl sites for hydroxylation is 2. The molecule has 2 aromatic rings. The van der Waals surface area contributed by atoms with Gasteiger partial charge in [-0.15, -0.1) is 0 Å². The molecule has 60 heavy (non-hydrogen) atoms. The van der Waals surface area contributed by atoms with E-state index in [9.17, 15) is 19.8 Å². The van der Waals surface area contributed by atoms with Crippen LogP contribution in [0, 0.1) is 17.8 Å². The van der Waals surface area contributed by atoms with Gasteiger partial charge in [0.05, 0.1) is 26.2 Å². The summed E-state index contributed by atoms with van der Waals surface area (Å²) in [5.41, 5.74) is 0. The van der Waals surface area contributed by atoms with E-state index in [0.717, 1.165) is 50.4 Å². The lowest BCUT2D eigenvalue weighted by molar-refractivity contribution is -0.703. The predicted octanol–water partition coefficient (Wildman–Crippen LogP) is 12.0. The number of hydrogen-bond donors (Lipinski definition) is 0. The van der Waals surface area contributed by atoms with Crippen LogP contribution in [0.2, 0.25) is 0 Å². The second-order valence-electron chi connectivity index (χ2n) is 17.5. The maximum absolute atomic E-state index is 10.3. The standard InChI is InChI=1S/2C19H37N2.C8H16O2.C6H12O2/c2*1-4-7-9-10-11-12-14-20-15-16-21(18-20)17-19(6-3)13-8-5-2;1-3-5-6-7(4-2)8(9)10;1-2-3-4-5-6(7)8/h2*15-16,18-19H,4-14,17H2,1-3H3;7H,3-6H2,1-2H3,(H,9,10);2-5H2,1H3,(H,7,8)/q2*+1;;/p-2. The Bertz CT molecular complexity index is 1130. The third-order valence-electron chi connectivity index (χ3n) is 11.8. The lowest BCUT2D eigenvalue weighted by Crippen LogP contribution is -2.35. The summed E-state index contributed by atoms with van der Waals surface area (Å²) in [6, 6.07) is 0. The van der Waals surface area contributed by atoms with Crippen molar-refractivity contribution in [1.29, 1.82) is 0 Å². The van der Waals surface area contributed by atoms with Crippen molar-refractivity contribution in [1.82, 2.24) is 9.13 Å². The van der Waals surface area contributed by atoms with Gasteiger partial charge in [0.15, 0.2) is 0 Å². The number of rotatable bonds is 35. The first kappa shape index (κ1) is 59.5. The molecule has 0 saturated carbocycles. The van der Waals surface area contributed by atoms with Crippen LogP contribution in [0.15, 0.2) is 37.4 Å². The molecule has 0 fully saturated rings. The van der Waals surface area contributed by atoms with Gasteiger partial charge in [0.1, 0.15) is 24.8 Å². The molecule has 2 aromatic heterocycles. The number of unbranched alkanes of at least 4 members (excludes halogenated alkanes) is 15. The van der Waals surface area contributed by atoms with E-state index < -0.39 is 11.9 Å². The Morgan fingerprint density at radius 3 is 1.18 bits per heavy atom. The molecule has 3 atom stereocenters. The molecule has 352 valence electrons. The Balaban J connectivity index is 0. The number of carboxylic acid groups (broad SMARTS) is 2. The molecule has 8 nitrogen and oxygen atoms in total. The van der Waals surface area contributed by atoms with Crippen LogP contribution in [0.3, 0.4) is 0 Å². The predicted molar refractivity (Wildman–Crippen MR) is 250 cm³/mol. The number of carboxylic acids is 2. The van der Waals surface area contributed by atoms with Crippen molar-refractivity contribution in [2.45, 2.75) is 268 Å². The molecule has 0 bridgehead atoms. The van der Waals surface area contributed by atoms with Crippen LogP contribution in [-0.4, -0.2) is 21.1 Å². The first-order valence-electron chi connectivity index (χ1n) is 25.6. The van der Waals surface area contributed by atoms with Crippen molar-refractivity contribution in [3.8, 4) is 0 Å². The first-order valence-corrected chi connectivity index (χ1v) is 25.6. The molecule has 0 radical (unpaired) electrons. The number of hydrogen-bond acceptors (Lipinski definition) is 4. The van der Waals surface area contributed by atoms with E-state index >= 15 is 0 Å². The maximum atomic E-state index is 10.3. The van der Waals surface area contributed by atoms with Gasteiger partial charge in [0, 0.05) is 11.9 Å². The quantitative estimate of drug-likeness (QED) is 0.0510. The lowest BCUT2D eigenvalue weighted by atomic mass is 9.99. The highest BCUT2D eigenvalue weighted by Gasteiger charge is 2.13. The minimum absolute atomic E-state index is 0.216. The summed E-state index contributed by atoms with van der Waals surface area (Å²) in [6.07, 6.45) is 47.5. The Hall–Kier alpha value is -2.64. The topological polar surface area (TPSA) is 97.9 Å². The Kier molecular flexibility index (Phi) is 44.0. The van der Waals surface area contributed by atoms with E-state index in [1.807, 2.05) is 13.8 Å². The average Bonchev–Trinajstić information content (AvgIpc) is 3.90. The zero-order valence-electron chi connectivity index (χ0n) is 41.2. The molecular weight excluding hydrogens is 745 g/mol. The molecule has 8 heteroatoms. The zero-order chi connectivity index (χ0) is 45.1. The first-order chi connectivity index (χ1) is 29.1. The molecule has 0 aromatic carbocycles. The summed E-state index contributed by atoms with van der Waals surface area (Å²) < 4.78 is 9.51. The normalized spacial score (nSPS) is 12.3. The van der Waals surface area contributed by atoms with Crippen LogP contribution in [0.4, 0.5) is 0 Å². The van der Waals surface area contributed by atoms with E-state index in [4.69, 9.17) is 0 Å². The monoisotopic (exact) mass is 845 g/mol. The zero-order valence-corrected chi connectivity index (χ0v) is 41.2. The molecule has 0 N–H and O–H groups in total. The van der Waals surface area contributed by atoms with Crippen molar-refractivity contribution in [2.24, 2.45) is 17.8 Å². The van der Waals surface area contributed by atoms with Gasteiger partial charge in [-0.25, -0.2) is 18.3 Å². The van der Waals surface area contributed by atoms with E-state index in [1.54, 1.807) is 0 Å². The number of carbonyl (C=O) groups is 2. The Morgan fingerprint density at radius 2 is 0.833 bits per heavy atom. The molecule has 0 amide bonds. The molecule has 0 aliphatic heterocycles. The smallest absolute Gasteiger partial charge is 0.243 e. The molecule has 0 spiro atoms. The second-order valence-corrected chi connectivity index (χ2v) is 17.5. The van der Waals surface area contributed by atoms with Crippen molar-refractivity contribution < 1.29 is 28.9 Å². The highest BCUT2D eigenvalue weighted by molar-refractivity contribution is 5.67. The van der Waals surface area contributed by atoms with Gasteiger partial charge in [-0.05, 0) is 94.8 Å². The number of aliphatic carboxylic acids is 2. The van der Waals surface area contributed by atoms with Crippen molar-refractivity contribution in [3.05, 3.63) is 37.4 Å². The fourth-order valence-corrected chi connectivity index (χ4v) is 7.40. The fraction of sp³-hybridized carbons (Fsp3) is 0.846. The van der Waals surface area contributed by atoms with Crippen LogP contribution >= 0.6 is 0 Å². The summed E-state index contributed by atoms with van der Waals surface area (Å²) in [4.78, 5) is 20.1. The van der Waals surface area contributed by atoms with E-state index in [0.29, 0.717) is 6.42 Å². The number of aromatic nitrogens is 4. The second kappa shape index (κ2) is 44.4. The van der Waals surface area contributed by atoms with Gasteiger partial charge in [-0.3, -0.25) is 0 Å².